The number of amides is 1. The van der Waals surface area contributed by atoms with Gasteiger partial charge in [-0.3, -0.25) is 14.9 Å². The van der Waals surface area contributed by atoms with Gasteiger partial charge in [-0.1, -0.05) is 6.92 Å². The van der Waals surface area contributed by atoms with Gasteiger partial charge in [-0.15, -0.1) is 0 Å². The first-order chi connectivity index (χ1) is 10.8. The summed E-state index contributed by atoms with van der Waals surface area (Å²) in [6, 6.07) is 2.93. The molecule has 0 unspecified atom stereocenters. The standard InChI is InChI=1S/C13H18N4O5S/c1-8-5-6-15-13(18)12(8)16-10-4-3-9(23(21,22)14-2)7-11(10)17(19)20/h3-4,7-8,12,14,16H,5-6H2,1-2H3,(H,15,18)/t8-,12+/m1/s1. The second kappa shape index (κ2) is 6.50. The van der Waals surface area contributed by atoms with Gasteiger partial charge in [-0.25, -0.2) is 13.1 Å². The highest BCUT2D eigenvalue weighted by molar-refractivity contribution is 7.89. The number of benzene rings is 1. The Balaban J connectivity index is 2.39. The number of hydrogen-bond donors (Lipinski definition) is 3. The lowest BCUT2D eigenvalue weighted by Crippen LogP contribution is -2.49. The zero-order valence-electron chi connectivity index (χ0n) is 12.7. The molecule has 1 amide bonds. The summed E-state index contributed by atoms with van der Waals surface area (Å²) < 4.78 is 25.6. The number of nitro benzene ring substituents is 1. The Morgan fingerprint density at radius 2 is 2.09 bits per heavy atom. The first-order valence-corrected chi connectivity index (χ1v) is 8.51. The zero-order chi connectivity index (χ0) is 17.2. The lowest BCUT2D eigenvalue weighted by molar-refractivity contribution is -0.384. The summed E-state index contributed by atoms with van der Waals surface area (Å²) in [5.41, 5.74) is -0.286. The molecule has 0 saturated carbocycles. The number of anilines is 1. The van der Waals surface area contributed by atoms with E-state index >= 15 is 0 Å². The molecule has 0 spiro atoms. The SMILES string of the molecule is CNS(=O)(=O)c1ccc(N[C@@H]2C(=O)NCC[C@H]2C)c([N+](=O)[O-])c1. The molecule has 0 aromatic heterocycles. The lowest BCUT2D eigenvalue weighted by Gasteiger charge is -2.29. The molecule has 1 fully saturated rings. The molecule has 2 rings (SSSR count). The van der Waals surface area contributed by atoms with Crippen molar-refractivity contribution >= 4 is 27.3 Å². The highest BCUT2D eigenvalue weighted by Gasteiger charge is 2.31. The highest BCUT2D eigenvalue weighted by Crippen LogP contribution is 2.29. The predicted molar refractivity (Wildman–Crippen MR) is 83.5 cm³/mol. The minimum atomic E-state index is -3.79. The third-order valence-electron chi connectivity index (χ3n) is 3.81. The van der Waals surface area contributed by atoms with Crippen LogP contribution in [0.2, 0.25) is 0 Å². The second-order valence-electron chi connectivity index (χ2n) is 5.32. The molecule has 1 aliphatic heterocycles. The molecule has 126 valence electrons. The van der Waals surface area contributed by atoms with E-state index in [0.29, 0.717) is 6.54 Å². The van der Waals surface area contributed by atoms with E-state index in [-0.39, 0.29) is 22.4 Å². The van der Waals surface area contributed by atoms with Crippen molar-refractivity contribution in [3.05, 3.63) is 28.3 Å². The van der Waals surface area contributed by atoms with E-state index in [2.05, 4.69) is 15.4 Å². The van der Waals surface area contributed by atoms with Gasteiger partial charge < -0.3 is 10.6 Å². The quantitative estimate of drug-likeness (QED) is 0.526. The summed E-state index contributed by atoms with van der Waals surface area (Å²) in [5.74, 6) is -0.228. The summed E-state index contributed by atoms with van der Waals surface area (Å²) in [4.78, 5) is 22.3. The zero-order valence-corrected chi connectivity index (χ0v) is 13.5. The minimum absolute atomic E-state index is 0.00377. The smallest absolute Gasteiger partial charge is 0.293 e. The molecular formula is C13H18N4O5S. The van der Waals surface area contributed by atoms with Crippen molar-refractivity contribution in [1.82, 2.24) is 10.0 Å². The van der Waals surface area contributed by atoms with Crippen LogP contribution in [0, 0.1) is 16.0 Å². The van der Waals surface area contributed by atoms with Crippen LogP contribution in [0.15, 0.2) is 23.1 Å². The Morgan fingerprint density at radius 1 is 1.39 bits per heavy atom. The Bertz CT molecular complexity index is 734. The monoisotopic (exact) mass is 342 g/mol. The Labute approximate surface area is 133 Å². The first-order valence-electron chi connectivity index (χ1n) is 7.02. The second-order valence-corrected chi connectivity index (χ2v) is 7.21. The Kier molecular flexibility index (Phi) is 4.85. The van der Waals surface area contributed by atoms with Gasteiger partial charge in [0.15, 0.2) is 0 Å². The molecule has 0 aliphatic carbocycles. The Hall–Kier alpha value is -2.20. The van der Waals surface area contributed by atoms with Crippen LogP contribution in [0.5, 0.6) is 0 Å². The van der Waals surface area contributed by atoms with Crippen molar-refractivity contribution in [2.24, 2.45) is 5.92 Å². The van der Waals surface area contributed by atoms with Crippen LogP contribution in [-0.2, 0) is 14.8 Å². The first kappa shape index (κ1) is 17.2. The topological polar surface area (TPSA) is 130 Å². The van der Waals surface area contributed by atoms with Gasteiger partial charge in [0.1, 0.15) is 11.7 Å². The third-order valence-corrected chi connectivity index (χ3v) is 5.22. The van der Waals surface area contributed by atoms with Crippen LogP contribution in [0.1, 0.15) is 13.3 Å². The van der Waals surface area contributed by atoms with E-state index in [9.17, 15) is 23.3 Å². The fourth-order valence-electron chi connectivity index (χ4n) is 2.40. The molecule has 9 nitrogen and oxygen atoms in total. The fraction of sp³-hybridized carbons (Fsp3) is 0.462. The van der Waals surface area contributed by atoms with Crippen LogP contribution in [0.25, 0.3) is 0 Å². The fourth-order valence-corrected chi connectivity index (χ4v) is 3.15. The number of nitrogens with zero attached hydrogens (tertiary/aromatic N) is 1. The molecule has 10 heteroatoms. The number of sulfonamides is 1. The van der Waals surface area contributed by atoms with Gasteiger partial charge in [0.05, 0.1) is 9.82 Å². The van der Waals surface area contributed by atoms with E-state index in [0.717, 1.165) is 12.5 Å². The van der Waals surface area contributed by atoms with Gasteiger partial charge >= 0.3 is 0 Å². The van der Waals surface area contributed by atoms with Crippen LogP contribution >= 0.6 is 0 Å². The molecule has 1 aromatic rings. The van der Waals surface area contributed by atoms with E-state index in [1.165, 1.54) is 19.2 Å². The number of piperidine rings is 1. The minimum Gasteiger partial charge on any atom is -0.368 e. The molecule has 1 heterocycles. The van der Waals surface area contributed by atoms with Crippen LogP contribution < -0.4 is 15.4 Å². The molecule has 3 N–H and O–H groups in total. The predicted octanol–water partition coefficient (Wildman–Crippen LogP) is 0.439. The number of carbonyl (C=O) groups is 1. The number of carbonyl (C=O) groups excluding carboxylic acids is 1. The van der Waals surface area contributed by atoms with Gasteiger partial charge in [-0.05, 0) is 31.5 Å². The highest BCUT2D eigenvalue weighted by atomic mass is 32.2. The third kappa shape index (κ3) is 3.59. The summed E-state index contributed by atoms with van der Waals surface area (Å²) >= 11 is 0. The molecule has 23 heavy (non-hydrogen) atoms. The number of hydrogen-bond acceptors (Lipinski definition) is 6. The van der Waals surface area contributed by atoms with Crippen LogP contribution in [-0.4, -0.2) is 38.9 Å². The summed E-state index contributed by atoms with van der Waals surface area (Å²) in [6.07, 6.45) is 0.753. The van der Waals surface area contributed by atoms with Crippen molar-refractivity contribution < 1.29 is 18.1 Å². The van der Waals surface area contributed by atoms with Crippen molar-refractivity contribution in [1.29, 1.82) is 0 Å². The van der Waals surface area contributed by atoms with Gasteiger partial charge in [0.2, 0.25) is 15.9 Å². The maximum Gasteiger partial charge on any atom is 0.293 e. The molecular weight excluding hydrogens is 324 g/mol. The largest absolute Gasteiger partial charge is 0.368 e. The number of nitro groups is 1. The van der Waals surface area contributed by atoms with Crippen molar-refractivity contribution in [3.63, 3.8) is 0 Å². The molecule has 0 bridgehead atoms. The number of nitrogens with one attached hydrogen (secondary N) is 3. The maximum atomic E-state index is 11.9. The Morgan fingerprint density at radius 3 is 2.65 bits per heavy atom. The average Bonchev–Trinajstić information content (AvgIpc) is 2.51. The van der Waals surface area contributed by atoms with Gasteiger partial charge in [0, 0.05) is 12.6 Å². The van der Waals surface area contributed by atoms with E-state index < -0.39 is 26.7 Å². The summed E-state index contributed by atoms with van der Waals surface area (Å²) in [7, 11) is -2.56. The molecule has 0 radical (unpaired) electrons. The van der Waals surface area contributed by atoms with Gasteiger partial charge in [-0.2, -0.15) is 0 Å². The normalized spacial score (nSPS) is 21.6. The van der Waals surface area contributed by atoms with Crippen molar-refractivity contribution in [2.45, 2.75) is 24.3 Å². The van der Waals surface area contributed by atoms with E-state index in [4.69, 9.17) is 0 Å². The van der Waals surface area contributed by atoms with E-state index in [1.54, 1.807) is 0 Å². The average molecular weight is 342 g/mol. The molecule has 1 aromatic carbocycles. The van der Waals surface area contributed by atoms with Crippen molar-refractivity contribution in [2.75, 3.05) is 18.9 Å². The van der Waals surface area contributed by atoms with Crippen LogP contribution in [0.4, 0.5) is 11.4 Å². The van der Waals surface area contributed by atoms with E-state index in [1.807, 2.05) is 6.92 Å². The van der Waals surface area contributed by atoms with Gasteiger partial charge in [0.25, 0.3) is 5.69 Å². The summed E-state index contributed by atoms with van der Waals surface area (Å²) in [6.45, 7) is 2.45. The van der Waals surface area contributed by atoms with Crippen molar-refractivity contribution in [3.8, 4) is 0 Å². The molecule has 1 saturated heterocycles. The molecule has 1 aliphatic rings. The van der Waals surface area contributed by atoms with Crippen LogP contribution in [0.3, 0.4) is 0 Å². The summed E-state index contributed by atoms with van der Waals surface area (Å²) in [5, 5.41) is 16.8. The number of rotatable bonds is 5. The maximum absolute atomic E-state index is 11.9. The molecule has 2 atom stereocenters. The lowest BCUT2D eigenvalue weighted by atomic mass is 9.94.